The number of primary amides is 1. The Balaban J connectivity index is 2.26. The van der Waals surface area contributed by atoms with E-state index in [4.69, 9.17) is 10.5 Å². The van der Waals surface area contributed by atoms with Gasteiger partial charge >= 0.3 is 0 Å². The number of hydrogen-bond acceptors (Lipinski definition) is 3. The number of carbonyl (C=O) groups excluding carboxylic acids is 2. The van der Waals surface area contributed by atoms with Crippen molar-refractivity contribution in [1.29, 1.82) is 0 Å². The van der Waals surface area contributed by atoms with E-state index < -0.39 is 5.91 Å². The molecule has 102 valence electrons. The Morgan fingerprint density at radius 2 is 2.05 bits per heavy atom. The zero-order valence-electron chi connectivity index (χ0n) is 11.0. The SMILES string of the molecule is COC[C@@H]1CCCN1C(=O)c1ccccc1C(N)=O. The molecule has 1 aromatic carbocycles. The van der Waals surface area contributed by atoms with Crippen LogP contribution in [0.15, 0.2) is 24.3 Å². The van der Waals surface area contributed by atoms with Crippen LogP contribution in [0.5, 0.6) is 0 Å². The van der Waals surface area contributed by atoms with E-state index in [0.717, 1.165) is 12.8 Å². The van der Waals surface area contributed by atoms with Crippen molar-refractivity contribution in [3.63, 3.8) is 0 Å². The predicted octanol–water partition coefficient (Wildman–Crippen LogP) is 1.04. The molecule has 1 aliphatic heterocycles. The Labute approximate surface area is 112 Å². The van der Waals surface area contributed by atoms with Gasteiger partial charge in [0.25, 0.3) is 5.91 Å². The van der Waals surface area contributed by atoms with Gasteiger partial charge in [-0.2, -0.15) is 0 Å². The van der Waals surface area contributed by atoms with E-state index in [0.29, 0.717) is 18.7 Å². The fourth-order valence-corrected chi connectivity index (χ4v) is 2.51. The third-order valence-electron chi connectivity index (χ3n) is 3.42. The summed E-state index contributed by atoms with van der Waals surface area (Å²) in [4.78, 5) is 25.7. The zero-order valence-corrected chi connectivity index (χ0v) is 11.0. The van der Waals surface area contributed by atoms with Gasteiger partial charge in [-0.3, -0.25) is 9.59 Å². The first kappa shape index (κ1) is 13.5. The van der Waals surface area contributed by atoms with E-state index in [1.807, 2.05) is 0 Å². The molecule has 1 aromatic rings. The lowest BCUT2D eigenvalue weighted by Crippen LogP contribution is -2.39. The minimum absolute atomic E-state index is 0.0819. The molecule has 5 nitrogen and oxygen atoms in total. The van der Waals surface area contributed by atoms with Gasteiger partial charge in [0.15, 0.2) is 0 Å². The fraction of sp³-hybridized carbons (Fsp3) is 0.429. The number of hydrogen-bond donors (Lipinski definition) is 1. The first-order chi connectivity index (χ1) is 9.15. The van der Waals surface area contributed by atoms with Crippen LogP contribution >= 0.6 is 0 Å². The van der Waals surface area contributed by atoms with Crippen LogP contribution in [-0.4, -0.2) is 43.0 Å². The number of rotatable bonds is 4. The minimum Gasteiger partial charge on any atom is -0.383 e. The lowest BCUT2D eigenvalue weighted by atomic mass is 10.1. The summed E-state index contributed by atoms with van der Waals surface area (Å²) in [5.41, 5.74) is 5.96. The maximum Gasteiger partial charge on any atom is 0.254 e. The van der Waals surface area contributed by atoms with E-state index in [9.17, 15) is 9.59 Å². The Hall–Kier alpha value is -1.88. The molecule has 0 spiro atoms. The van der Waals surface area contributed by atoms with Gasteiger partial charge in [0.2, 0.25) is 5.91 Å². The largest absolute Gasteiger partial charge is 0.383 e. The first-order valence-electron chi connectivity index (χ1n) is 6.34. The number of benzene rings is 1. The van der Waals surface area contributed by atoms with Crippen molar-refractivity contribution in [3.05, 3.63) is 35.4 Å². The summed E-state index contributed by atoms with van der Waals surface area (Å²) in [5.74, 6) is -0.722. The van der Waals surface area contributed by atoms with E-state index >= 15 is 0 Å². The molecular formula is C14H18N2O3. The zero-order chi connectivity index (χ0) is 13.8. The number of nitrogens with zero attached hydrogens (tertiary/aromatic N) is 1. The highest BCUT2D eigenvalue weighted by Crippen LogP contribution is 2.21. The van der Waals surface area contributed by atoms with E-state index in [2.05, 4.69) is 0 Å². The second-order valence-corrected chi connectivity index (χ2v) is 4.66. The summed E-state index contributed by atoms with van der Waals surface area (Å²) in [6, 6.07) is 6.74. The third kappa shape index (κ3) is 2.76. The molecule has 19 heavy (non-hydrogen) atoms. The molecule has 1 atom stereocenters. The van der Waals surface area contributed by atoms with Crippen molar-refractivity contribution >= 4 is 11.8 Å². The van der Waals surface area contributed by atoms with Gasteiger partial charge < -0.3 is 15.4 Å². The van der Waals surface area contributed by atoms with E-state index in [1.165, 1.54) is 0 Å². The maximum atomic E-state index is 12.5. The van der Waals surface area contributed by atoms with Crippen LogP contribution < -0.4 is 5.73 Å². The average molecular weight is 262 g/mol. The summed E-state index contributed by atoms with van der Waals surface area (Å²) < 4.78 is 5.13. The van der Waals surface area contributed by atoms with Gasteiger partial charge in [-0.25, -0.2) is 0 Å². The summed E-state index contributed by atoms with van der Waals surface area (Å²) in [6.07, 6.45) is 1.89. The Bertz CT molecular complexity index is 487. The van der Waals surface area contributed by atoms with Gasteiger partial charge in [0, 0.05) is 13.7 Å². The number of nitrogens with two attached hydrogens (primary N) is 1. The summed E-state index contributed by atoms with van der Waals surface area (Å²) in [5, 5.41) is 0. The molecule has 1 fully saturated rings. The molecule has 5 heteroatoms. The molecule has 0 saturated carbocycles. The predicted molar refractivity (Wildman–Crippen MR) is 70.9 cm³/mol. The van der Waals surface area contributed by atoms with Gasteiger partial charge in [-0.05, 0) is 25.0 Å². The highest BCUT2D eigenvalue weighted by Gasteiger charge is 2.30. The van der Waals surface area contributed by atoms with E-state index in [1.54, 1.807) is 36.3 Å². The van der Waals surface area contributed by atoms with Crippen molar-refractivity contribution in [2.24, 2.45) is 5.73 Å². The quantitative estimate of drug-likeness (QED) is 0.881. The Kier molecular flexibility index (Phi) is 4.16. The average Bonchev–Trinajstić information content (AvgIpc) is 2.86. The summed E-state index contributed by atoms with van der Waals surface area (Å²) in [6.45, 7) is 1.21. The van der Waals surface area contributed by atoms with Crippen LogP contribution in [0, 0.1) is 0 Å². The molecule has 1 aliphatic rings. The molecule has 0 bridgehead atoms. The second kappa shape index (κ2) is 5.84. The lowest BCUT2D eigenvalue weighted by molar-refractivity contribution is 0.0627. The molecule has 2 amide bonds. The van der Waals surface area contributed by atoms with Crippen LogP contribution in [0.2, 0.25) is 0 Å². The number of methoxy groups -OCH3 is 1. The minimum atomic E-state index is -0.577. The van der Waals surface area contributed by atoms with Crippen molar-refractivity contribution in [1.82, 2.24) is 4.90 Å². The number of likely N-dealkylation sites (tertiary alicyclic amines) is 1. The lowest BCUT2D eigenvalue weighted by Gasteiger charge is -2.24. The fourth-order valence-electron chi connectivity index (χ4n) is 2.51. The Morgan fingerprint density at radius 3 is 2.68 bits per heavy atom. The van der Waals surface area contributed by atoms with Gasteiger partial charge in [0.1, 0.15) is 0 Å². The van der Waals surface area contributed by atoms with Crippen LogP contribution in [0.25, 0.3) is 0 Å². The van der Waals surface area contributed by atoms with Crippen molar-refractivity contribution in [2.75, 3.05) is 20.3 Å². The van der Waals surface area contributed by atoms with Crippen molar-refractivity contribution in [2.45, 2.75) is 18.9 Å². The highest BCUT2D eigenvalue weighted by atomic mass is 16.5. The molecule has 2 rings (SSSR count). The van der Waals surface area contributed by atoms with Crippen LogP contribution in [-0.2, 0) is 4.74 Å². The maximum absolute atomic E-state index is 12.5. The highest BCUT2D eigenvalue weighted by molar-refractivity contribution is 6.06. The standard InChI is InChI=1S/C14H18N2O3/c1-19-9-10-5-4-8-16(10)14(18)12-7-3-2-6-11(12)13(15)17/h2-3,6-7,10H,4-5,8-9H2,1H3,(H2,15,17)/t10-/m0/s1. The van der Waals surface area contributed by atoms with Crippen LogP contribution in [0.1, 0.15) is 33.6 Å². The number of amides is 2. The van der Waals surface area contributed by atoms with Gasteiger partial charge in [0.05, 0.1) is 23.8 Å². The van der Waals surface area contributed by atoms with Crippen LogP contribution in [0.3, 0.4) is 0 Å². The molecule has 0 aliphatic carbocycles. The number of ether oxygens (including phenoxy) is 1. The second-order valence-electron chi connectivity index (χ2n) is 4.66. The number of carbonyl (C=O) groups is 2. The normalized spacial score (nSPS) is 18.6. The van der Waals surface area contributed by atoms with Crippen molar-refractivity contribution < 1.29 is 14.3 Å². The molecule has 1 heterocycles. The van der Waals surface area contributed by atoms with Crippen LogP contribution in [0.4, 0.5) is 0 Å². The third-order valence-corrected chi connectivity index (χ3v) is 3.42. The molecular weight excluding hydrogens is 244 g/mol. The van der Waals surface area contributed by atoms with Crippen molar-refractivity contribution in [3.8, 4) is 0 Å². The first-order valence-corrected chi connectivity index (χ1v) is 6.34. The summed E-state index contributed by atoms with van der Waals surface area (Å²) >= 11 is 0. The van der Waals surface area contributed by atoms with Gasteiger partial charge in [-0.15, -0.1) is 0 Å². The van der Waals surface area contributed by atoms with Gasteiger partial charge in [-0.1, -0.05) is 12.1 Å². The summed E-state index contributed by atoms with van der Waals surface area (Å²) in [7, 11) is 1.62. The topological polar surface area (TPSA) is 72.6 Å². The molecule has 0 radical (unpaired) electrons. The molecule has 0 unspecified atom stereocenters. The molecule has 2 N–H and O–H groups in total. The monoisotopic (exact) mass is 262 g/mol. The smallest absolute Gasteiger partial charge is 0.254 e. The molecule has 0 aromatic heterocycles. The van der Waals surface area contributed by atoms with E-state index in [-0.39, 0.29) is 17.5 Å². The Morgan fingerprint density at radius 1 is 1.37 bits per heavy atom. The molecule has 1 saturated heterocycles.